The van der Waals surface area contributed by atoms with Gasteiger partial charge in [0.15, 0.2) is 0 Å². The van der Waals surface area contributed by atoms with Gasteiger partial charge >= 0.3 is 6.18 Å². The first-order valence-electron chi connectivity index (χ1n) is 8.17. The summed E-state index contributed by atoms with van der Waals surface area (Å²) in [5.74, 6) is 0.608. The molecule has 0 aromatic rings. The Morgan fingerprint density at radius 2 is 1.67 bits per heavy atom. The summed E-state index contributed by atoms with van der Waals surface area (Å²) in [5.41, 5.74) is 0. The van der Waals surface area contributed by atoms with Gasteiger partial charge in [-0.1, -0.05) is 6.92 Å². The molecule has 2 rings (SSSR count). The maximum Gasteiger partial charge on any atom is 0.401 e. The predicted octanol–water partition coefficient (Wildman–Crippen LogP) is 2.33. The third-order valence-corrected chi connectivity index (χ3v) is 4.51. The summed E-state index contributed by atoms with van der Waals surface area (Å²) in [6.07, 6.45) is 0.221. The van der Waals surface area contributed by atoms with Crippen LogP contribution in [-0.4, -0.2) is 67.8 Å². The van der Waals surface area contributed by atoms with Crippen LogP contribution in [0.15, 0.2) is 0 Å². The van der Waals surface area contributed by atoms with Crippen LogP contribution in [0.25, 0.3) is 0 Å². The summed E-state index contributed by atoms with van der Waals surface area (Å²) < 4.78 is 37.0. The highest BCUT2D eigenvalue weighted by Crippen LogP contribution is 2.20. The van der Waals surface area contributed by atoms with Gasteiger partial charge in [-0.2, -0.15) is 13.2 Å². The van der Waals surface area contributed by atoms with Crippen LogP contribution >= 0.6 is 0 Å². The molecule has 21 heavy (non-hydrogen) atoms. The molecule has 0 bridgehead atoms. The normalized spacial score (nSPS) is 24.6. The van der Waals surface area contributed by atoms with Gasteiger partial charge in [-0.05, 0) is 64.3 Å². The Morgan fingerprint density at radius 1 is 1.05 bits per heavy atom. The van der Waals surface area contributed by atoms with Crippen LogP contribution in [0.1, 0.15) is 32.6 Å². The van der Waals surface area contributed by atoms with Gasteiger partial charge < -0.3 is 10.2 Å². The molecule has 2 saturated heterocycles. The Hall–Kier alpha value is -0.330. The summed E-state index contributed by atoms with van der Waals surface area (Å²) in [5, 5.41) is 3.54. The molecule has 0 amide bonds. The van der Waals surface area contributed by atoms with E-state index in [2.05, 4.69) is 17.1 Å². The first kappa shape index (κ1) is 17.0. The molecule has 0 radical (unpaired) electrons. The summed E-state index contributed by atoms with van der Waals surface area (Å²) in [6.45, 7) is 7.16. The van der Waals surface area contributed by atoms with Gasteiger partial charge in [0.25, 0.3) is 0 Å². The van der Waals surface area contributed by atoms with Crippen molar-refractivity contribution in [2.75, 3.05) is 45.8 Å². The van der Waals surface area contributed by atoms with E-state index in [0.717, 1.165) is 25.9 Å². The monoisotopic (exact) mass is 307 g/mol. The van der Waals surface area contributed by atoms with E-state index in [-0.39, 0.29) is 0 Å². The number of likely N-dealkylation sites (tertiary alicyclic amines) is 2. The van der Waals surface area contributed by atoms with Gasteiger partial charge in [-0.25, -0.2) is 0 Å². The SMILES string of the molecule is CC(CNC1CCN(CC(F)(F)F)CC1)CN1CCCC1. The molecular weight excluding hydrogens is 279 g/mol. The predicted molar refractivity (Wildman–Crippen MR) is 78.4 cm³/mol. The molecule has 0 aliphatic carbocycles. The van der Waals surface area contributed by atoms with Gasteiger partial charge in [-0.15, -0.1) is 0 Å². The smallest absolute Gasteiger partial charge is 0.314 e. The Kier molecular flexibility index (Phi) is 6.32. The largest absolute Gasteiger partial charge is 0.401 e. The number of hydrogen-bond acceptors (Lipinski definition) is 3. The number of alkyl halides is 3. The fourth-order valence-electron chi connectivity index (χ4n) is 3.39. The molecule has 2 aliphatic rings. The lowest BCUT2D eigenvalue weighted by Gasteiger charge is -2.33. The highest BCUT2D eigenvalue weighted by Gasteiger charge is 2.32. The van der Waals surface area contributed by atoms with E-state index in [1.54, 1.807) is 0 Å². The van der Waals surface area contributed by atoms with Crippen LogP contribution in [0, 0.1) is 5.92 Å². The van der Waals surface area contributed by atoms with E-state index in [1.165, 1.54) is 30.8 Å². The summed E-state index contributed by atoms with van der Waals surface area (Å²) in [7, 11) is 0. The fourth-order valence-corrected chi connectivity index (χ4v) is 3.39. The molecule has 0 spiro atoms. The second-order valence-corrected chi connectivity index (χ2v) is 6.69. The molecule has 124 valence electrons. The molecule has 3 nitrogen and oxygen atoms in total. The fraction of sp³-hybridized carbons (Fsp3) is 1.00. The van der Waals surface area contributed by atoms with Crippen LogP contribution < -0.4 is 5.32 Å². The van der Waals surface area contributed by atoms with Crippen LogP contribution in [0.2, 0.25) is 0 Å². The summed E-state index contributed by atoms with van der Waals surface area (Å²) in [4.78, 5) is 4.03. The van der Waals surface area contributed by atoms with Crippen LogP contribution in [0.4, 0.5) is 13.2 Å². The quantitative estimate of drug-likeness (QED) is 0.812. The Labute approximate surface area is 125 Å². The number of halogens is 3. The van der Waals surface area contributed by atoms with Crippen molar-refractivity contribution in [1.82, 2.24) is 15.1 Å². The van der Waals surface area contributed by atoms with E-state index >= 15 is 0 Å². The highest BCUT2D eigenvalue weighted by atomic mass is 19.4. The lowest BCUT2D eigenvalue weighted by Crippen LogP contribution is -2.46. The third-order valence-electron chi connectivity index (χ3n) is 4.51. The van der Waals surface area contributed by atoms with Crippen molar-refractivity contribution < 1.29 is 13.2 Å². The maximum absolute atomic E-state index is 12.3. The van der Waals surface area contributed by atoms with E-state index in [4.69, 9.17) is 0 Å². The van der Waals surface area contributed by atoms with Crippen molar-refractivity contribution in [2.45, 2.75) is 44.8 Å². The number of piperidine rings is 1. The minimum absolute atomic E-state index is 0.385. The molecule has 1 atom stereocenters. The molecule has 1 N–H and O–H groups in total. The molecular formula is C15H28F3N3. The summed E-state index contributed by atoms with van der Waals surface area (Å²) >= 11 is 0. The third kappa shape index (κ3) is 6.53. The minimum atomic E-state index is -4.06. The first-order chi connectivity index (χ1) is 9.92. The zero-order valence-electron chi connectivity index (χ0n) is 13.0. The van der Waals surface area contributed by atoms with Crippen molar-refractivity contribution in [2.24, 2.45) is 5.92 Å². The Balaban J connectivity index is 1.58. The molecule has 6 heteroatoms. The molecule has 0 aromatic carbocycles. The van der Waals surface area contributed by atoms with E-state index in [0.29, 0.717) is 25.0 Å². The minimum Gasteiger partial charge on any atom is -0.314 e. The van der Waals surface area contributed by atoms with Crippen molar-refractivity contribution in [1.29, 1.82) is 0 Å². The molecule has 0 aromatic heterocycles. The van der Waals surface area contributed by atoms with Gasteiger partial charge in [0.1, 0.15) is 0 Å². The number of rotatable bonds is 6. The zero-order valence-corrected chi connectivity index (χ0v) is 13.0. The lowest BCUT2D eigenvalue weighted by molar-refractivity contribution is -0.148. The number of hydrogen-bond donors (Lipinski definition) is 1. The Morgan fingerprint density at radius 3 is 2.24 bits per heavy atom. The van der Waals surface area contributed by atoms with E-state index < -0.39 is 12.7 Å². The maximum atomic E-state index is 12.3. The molecule has 1 unspecified atom stereocenters. The highest BCUT2D eigenvalue weighted by molar-refractivity contribution is 4.79. The van der Waals surface area contributed by atoms with Crippen LogP contribution in [-0.2, 0) is 0 Å². The van der Waals surface area contributed by atoms with Gasteiger partial charge in [0, 0.05) is 12.6 Å². The van der Waals surface area contributed by atoms with Crippen molar-refractivity contribution >= 4 is 0 Å². The average molecular weight is 307 g/mol. The standard InChI is InChI=1S/C15H28F3N3/c1-13(11-20-6-2-3-7-20)10-19-14-4-8-21(9-5-14)12-15(16,17)18/h13-14,19H,2-12H2,1H3. The van der Waals surface area contributed by atoms with Crippen molar-refractivity contribution in [3.8, 4) is 0 Å². The molecule has 0 saturated carbocycles. The second kappa shape index (κ2) is 7.79. The van der Waals surface area contributed by atoms with Crippen LogP contribution in [0.5, 0.6) is 0 Å². The van der Waals surface area contributed by atoms with Crippen molar-refractivity contribution in [3.63, 3.8) is 0 Å². The van der Waals surface area contributed by atoms with Crippen molar-refractivity contribution in [3.05, 3.63) is 0 Å². The molecule has 2 aliphatic heterocycles. The van der Waals surface area contributed by atoms with E-state index in [9.17, 15) is 13.2 Å². The van der Waals surface area contributed by atoms with Gasteiger partial charge in [0.05, 0.1) is 6.54 Å². The van der Waals surface area contributed by atoms with Crippen LogP contribution in [0.3, 0.4) is 0 Å². The Bertz CT molecular complexity index is 295. The number of nitrogens with zero attached hydrogens (tertiary/aromatic N) is 2. The zero-order chi connectivity index (χ0) is 15.3. The average Bonchev–Trinajstić information content (AvgIpc) is 2.89. The second-order valence-electron chi connectivity index (χ2n) is 6.69. The topological polar surface area (TPSA) is 18.5 Å². The lowest BCUT2D eigenvalue weighted by atomic mass is 10.0. The molecule has 2 heterocycles. The number of nitrogens with one attached hydrogen (secondary N) is 1. The van der Waals surface area contributed by atoms with E-state index in [1.807, 2.05) is 0 Å². The van der Waals surface area contributed by atoms with Gasteiger partial charge in [0.2, 0.25) is 0 Å². The van der Waals surface area contributed by atoms with Gasteiger partial charge in [-0.3, -0.25) is 4.90 Å². The molecule has 2 fully saturated rings. The first-order valence-corrected chi connectivity index (χ1v) is 8.17. The summed E-state index contributed by atoms with van der Waals surface area (Å²) in [6, 6.07) is 0.385.